The van der Waals surface area contributed by atoms with Crippen molar-refractivity contribution in [3.63, 3.8) is 0 Å². The molecule has 1 N–H and O–H groups in total. The van der Waals surface area contributed by atoms with Gasteiger partial charge in [0.25, 0.3) is 5.91 Å². The van der Waals surface area contributed by atoms with Gasteiger partial charge in [0.2, 0.25) is 12.0 Å². The molecule has 2 fully saturated rings. The minimum Gasteiger partial charge on any atom is -0.341 e. The Bertz CT molecular complexity index is 685. The van der Waals surface area contributed by atoms with E-state index in [0.717, 1.165) is 5.56 Å². The fourth-order valence-corrected chi connectivity index (χ4v) is 4.55. The number of β-lactam (4-membered cyclic amide) rings is 1. The second kappa shape index (κ2) is 5.83. The largest absolute Gasteiger partial charge is 0.341 e. The van der Waals surface area contributed by atoms with Crippen LogP contribution in [0.15, 0.2) is 35.3 Å². The topological polar surface area (TPSA) is 78.8 Å². The molecular weight excluding hydrogens is 314 g/mol. The highest BCUT2D eigenvalue weighted by molar-refractivity contribution is 8.01. The van der Waals surface area contributed by atoms with Gasteiger partial charge in [-0.1, -0.05) is 30.3 Å². The van der Waals surface area contributed by atoms with Crippen molar-refractivity contribution >= 4 is 29.7 Å². The Balaban J connectivity index is 1.66. The first kappa shape index (κ1) is 15.8. The van der Waals surface area contributed by atoms with Gasteiger partial charge in [-0.15, -0.1) is 11.8 Å². The lowest BCUT2D eigenvalue weighted by molar-refractivity contribution is -0.150. The van der Waals surface area contributed by atoms with Gasteiger partial charge in [0.1, 0.15) is 11.4 Å². The summed E-state index contributed by atoms with van der Waals surface area (Å²) in [7, 11) is 0. The van der Waals surface area contributed by atoms with Gasteiger partial charge in [-0.2, -0.15) is 4.99 Å². The van der Waals surface area contributed by atoms with Crippen LogP contribution in [0, 0.1) is 0 Å². The molecule has 3 atom stereocenters. The maximum atomic E-state index is 12.3. The molecule has 0 aliphatic carbocycles. The SMILES string of the molecule is CC1(C)SC2C(NC(=O)Cc3ccccc3)C(=O)N2C1N=C=O. The third-order valence-electron chi connectivity index (χ3n) is 4.09. The summed E-state index contributed by atoms with van der Waals surface area (Å²) in [6.07, 6.45) is 1.25. The third kappa shape index (κ3) is 2.78. The minimum atomic E-state index is -0.553. The van der Waals surface area contributed by atoms with Crippen molar-refractivity contribution < 1.29 is 14.4 Å². The zero-order valence-electron chi connectivity index (χ0n) is 12.9. The predicted octanol–water partition coefficient (Wildman–Crippen LogP) is 1.07. The van der Waals surface area contributed by atoms with Crippen LogP contribution in [0.5, 0.6) is 0 Å². The first-order valence-corrected chi connectivity index (χ1v) is 8.22. The van der Waals surface area contributed by atoms with Crippen LogP contribution in [0.25, 0.3) is 0 Å². The zero-order valence-corrected chi connectivity index (χ0v) is 13.7. The second-order valence-electron chi connectivity index (χ2n) is 6.16. The summed E-state index contributed by atoms with van der Waals surface area (Å²) in [6.45, 7) is 3.86. The number of hydrogen-bond donors (Lipinski definition) is 1. The molecule has 120 valence electrons. The Labute approximate surface area is 138 Å². The Morgan fingerprint density at radius 2 is 2.09 bits per heavy atom. The van der Waals surface area contributed by atoms with Crippen LogP contribution in [0.3, 0.4) is 0 Å². The summed E-state index contributed by atoms with van der Waals surface area (Å²) in [5, 5.41) is 2.61. The molecule has 3 unspecified atom stereocenters. The van der Waals surface area contributed by atoms with Crippen molar-refractivity contribution in [3.8, 4) is 0 Å². The van der Waals surface area contributed by atoms with Crippen LogP contribution >= 0.6 is 11.8 Å². The summed E-state index contributed by atoms with van der Waals surface area (Å²) in [6, 6.07) is 8.82. The van der Waals surface area contributed by atoms with Gasteiger partial charge in [0, 0.05) is 0 Å². The maximum Gasteiger partial charge on any atom is 0.250 e. The molecule has 2 aliphatic heterocycles. The van der Waals surface area contributed by atoms with Gasteiger partial charge in [0.05, 0.1) is 11.2 Å². The van der Waals surface area contributed by atoms with Gasteiger partial charge in [-0.3, -0.25) is 9.59 Å². The highest BCUT2D eigenvalue weighted by atomic mass is 32.2. The van der Waals surface area contributed by atoms with Crippen molar-refractivity contribution in [3.05, 3.63) is 35.9 Å². The lowest BCUT2D eigenvalue weighted by Crippen LogP contribution is -2.69. The minimum absolute atomic E-state index is 0.181. The van der Waals surface area contributed by atoms with Crippen molar-refractivity contribution in [2.45, 2.75) is 42.6 Å². The van der Waals surface area contributed by atoms with E-state index >= 15 is 0 Å². The van der Waals surface area contributed by atoms with Crippen LogP contribution in [0.4, 0.5) is 0 Å². The van der Waals surface area contributed by atoms with E-state index in [4.69, 9.17) is 0 Å². The van der Waals surface area contributed by atoms with Crippen molar-refractivity contribution in [1.29, 1.82) is 0 Å². The van der Waals surface area contributed by atoms with Crippen molar-refractivity contribution in [2.24, 2.45) is 4.99 Å². The van der Waals surface area contributed by atoms with Crippen LogP contribution in [0.1, 0.15) is 19.4 Å². The number of carbonyl (C=O) groups excluding carboxylic acids is 3. The molecule has 2 heterocycles. The lowest BCUT2D eigenvalue weighted by Gasteiger charge is -2.43. The highest BCUT2D eigenvalue weighted by Crippen LogP contribution is 2.50. The molecule has 1 aromatic carbocycles. The summed E-state index contributed by atoms with van der Waals surface area (Å²) in [4.78, 5) is 40.4. The molecule has 2 amide bonds. The number of rotatable bonds is 4. The van der Waals surface area contributed by atoms with Gasteiger partial charge < -0.3 is 10.2 Å². The predicted molar refractivity (Wildman–Crippen MR) is 86.3 cm³/mol. The number of nitrogens with zero attached hydrogens (tertiary/aromatic N) is 2. The normalized spacial score (nSPS) is 27.7. The first-order chi connectivity index (χ1) is 10.9. The van der Waals surface area contributed by atoms with E-state index in [2.05, 4.69) is 10.3 Å². The van der Waals surface area contributed by atoms with E-state index in [0.29, 0.717) is 0 Å². The molecule has 6 nitrogen and oxygen atoms in total. The molecule has 0 saturated carbocycles. The second-order valence-corrected chi connectivity index (χ2v) is 7.93. The number of isocyanates is 1. The Morgan fingerprint density at radius 3 is 2.74 bits per heavy atom. The average Bonchev–Trinajstić information content (AvgIpc) is 2.75. The lowest BCUT2D eigenvalue weighted by atomic mass is 10.0. The number of benzene rings is 1. The van der Waals surface area contributed by atoms with Crippen molar-refractivity contribution in [2.75, 3.05) is 0 Å². The van der Waals surface area contributed by atoms with E-state index in [1.165, 1.54) is 6.08 Å². The number of carbonyl (C=O) groups is 2. The number of nitrogens with one attached hydrogen (secondary N) is 1. The molecule has 1 aromatic rings. The number of thioether (sulfide) groups is 1. The summed E-state index contributed by atoms with van der Waals surface area (Å²) < 4.78 is -0.378. The number of hydrogen-bond acceptors (Lipinski definition) is 5. The number of aliphatic imine (C=N–C) groups is 1. The summed E-state index contributed by atoms with van der Waals surface area (Å²) >= 11 is 1.54. The molecule has 0 spiro atoms. The number of amides is 2. The fourth-order valence-electron chi connectivity index (χ4n) is 2.98. The van der Waals surface area contributed by atoms with Crippen LogP contribution in [-0.4, -0.2) is 45.1 Å². The monoisotopic (exact) mass is 331 g/mol. The number of fused-ring (bicyclic) bond motifs is 1. The fraction of sp³-hybridized carbons (Fsp3) is 0.438. The average molecular weight is 331 g/mol. The quantitative estimate of drug-likeness (QED) is 0.508. The van der Waals surface area contributed by atoms with E-state index in [-0.39, 0.29) is 28.4 Å². The third-order valence-corrected chi connectivity index (χ3v) is 5.65. The molecule has 0 aromatic heterocycles. The van der Waals surface area contributed by atoms with Crippen LogP contribution in [-0.2, 0) is 20.8 Å². The Morgan fingerprint density at radius 1 is 1.39 bits per heavy atom. The zero-order chi connectivity index (χ0) is 16.6. The smallest absolute Gasteiger partial charge is 0.250 e. The maximum absolute atomic E-state index is 12.3. The van der Waals surface area contributed by atoms with Gasteiger partial charge >= 0.3 is 0 Å². The van der Waals surface area contributed by atoms with Crippen LogP contribution in [0.2, 0.25) is 0 Å². The molecule has 7 heteroatoms. The molecular formula is C16H17N3O3S. The molecule has 23 heavy (non-hydrogen) atoms. The van der Waals surface area contributed by atoms with Gasteiger partial charge in [-0.05, 0) is 19.4 Å². The van der Waals surface area contributed by atoms with E-state index in [1.54, 1.807) is 16.7 Å². The van der Waals surface area contributed by atoms with Gasteiger partial charge in [-0.25, -0.2) is 4.79 Å². The molecule has 2 saturated heterocycles. The molecule has 3 rings (SSSR count). The van der Waals surface area contributed by atoms with Crippen LogP contribution < -0.4 is 5.32 Å². The summed E-state index contributed by atoms with van der Waals surface area (Å²) in [5.41, 5.74) is 0.900. The molecule has 2 aliphatic rings. The van der Waals surface area contributed by atoms with Gasteiger partial charge in [0.15, 0.2) is 6.17 Å². The van der Waals surface area contributed by atoms with E-state index < -0.39 is 12.2 Å². The molecule has 0 bridgehead atoms. The van der Waals surface area contributed by atoms with E-state index in [1.807, 2.05) is 44.2 Å². The molecule has 0 radical (unpaired) electrons. The summed E-state index contributed by atoms with van der Waals surface area (Å²) in [5.74, 6) is -0.381. The highest BCUT2D eigenvalue weighted by Gasteiger charge is 2.62. The Kier molecular flexibility index (Phi) is 4.00. The first-order valence-electron chi connectivity index (χ1n) is 7.34. The van der Waals surface area contributed by atoms with Crippen molar-refractivity contribution in [1.82, 2.24) is 10.2 Å². The van der Waals surface area contributed by atoms with E-state index in [9.17, 15) is 14.4 Å². The standard InChI is InChI=1S/C16H17N3O3S/c1-16(2)15(17-9-20)19-13(22)12(14(19)23-16)18-11(21)8-10-6-4-3-5-7-10/h3-7,12,14-15H,8H2,1-2H3,(H,18,21). The Hall–Kier alpha value is -2.11.